The second kappa shape index (κ2) is 8.04. The summed E-state index contributed by atoms with van der Waals surface area (Å²) >= 11 is 0. The van der Waals surface area contributed by atoms with Crippen LogP contribution in [0.5, 0.6) is 0 Å². The molecule has 0 radical (unpaired) electrons. The van der Waals surface area contributed by atoms with Gasteiger partial charge in [-0.2, -0.15) is 0 Å². The molecule has 3 nitrogen and oxygen atoms in total. The van der Waals surface area contributed by atoms with Gasteiger partial charge in [0.25, 0.3) is 0 Å². The predicted molar refractivity (Wildman–Crippen MR) is 68.7 cm³/mol. The maximum atomic E-state index is 9.02. The van der Waals surface area contributed by atoms with Crippen LogP contribution >= 0.6 is 0 Å². The molecular weight excluding hydrogens is 200 g/mol. The lowest BCUT2D eigenvalue weighted by atomic mass is 10.1. The summed E-state index contributed by atoms with van der Waals surface area (Å²) in [6.45, 7) is 7.31. The van der Waals surface area contributed by atoms with E-state index in [-0.39, 0.29) is 0 Å². The summed E-state index contributed by atoms with van der Waals surface area (Å²) in [5, 5.41) is 9.02. The third-order valence-corrected chi connectivity index (χ3v) is 3.65. The van der Waals surface area contributed by atoms with Crippen molar-refractivity contribution in [2.75, 3.05) is 39.8 Å². The zero-order valence-electron chi connectivity index (χ0n) is 11.0. The summed E-state index contributed by atoms with van der Waals surface area (Å²) in [6, 6.07) is 0.560. The minimum absolute atomic E-state index is 0.318. The van der Waals surface area contributed by atoms with Crippen LogP contribution in [-0.4, -0.2) is 60.8 Å². The molecule has 1 atom stereocenters. The Bertz CT molecular complexity index is 175. The SMILES string of the molecule is CCCCCCN1CCN(C)C(CCO)C1. The number of likely N-dealkylation sites (N-methyl/N-ethyl adjacent to an activating group) is 1. The Kier molecular flexibility index (Phi) is 7.01. The molecule has 16 heavy (non-hydrogen) atoms. The van der Waals surface area contributed by atoms with E-state index in [1.54, 1.807) is 0 Å². The van der Waals surface area contributed by atoms with Crippen LogP contribution in [0.25, 0.3) is 0 Å². The summed E-state index contributed by atoms with van der Waals surface area (Å²) in [4.78, 5) is 4.95. The molecule has 1 aliphatic rings. The highest BCUT2D eigenvalue weighted by molar-refractivity contribution is 4.79. The van der Waals surface area contributed by atoms with Crippen LogP contribution in [0, 0.1) is 0 Å². The molecule has 0 aromatic rings. The average Bonchev–Trinajstić information content (AvgIpc) is 2.29. The number of piperazine rings is 1. The summed E-state index contributed by atoms with van der Waals surface area (Å²) in [5.74, 6) is 0. The fraction of sp³-hybridized carbons (Fsp3) is 1.00. The van der Waals surface area contributed by atoms with Crippen LogP contribution in [0.3, 0.4) is 0 Å². The van der Waals surface area contributed by atoms with E-state index < -0.39 is 0 Å². The summed E-state index contributed by atoms with van der Waals surface area (Å²) in [5.41, 5.74) is 0. The standard InChI is InChI=1S/C13H28N2O/c1-3-4-5-6-8-15-10-9-14(2)13(12-15)7-11-16/h13,16H,3-12H2,1-2H3. The molecule has 96 valence electrons. The van der Waals surface area contributed by atoms with Crippen molar-refractivity contribution in [1.29, 1.82) is 0 Å². The highest BCUT2D eigenvalue weighted by atomic mass is 16.3. The van der Waals surface area contributed by atoms with Crippen molar-refractivity contribution < 1.29 is 5.11 Å². The van der Waals surface area contributed by atoms with Gasteiger partial charge in [-0.1, -0.05) is 26.2 Å². The quantitative estimate of drug-likeness (QED) is 0.670. The second-order valence-electron chi connectivity index (χ2n) is 5.01. The van der Waals surface area contributed by atoms with E-state index in [1.807, 2.05) is 0 Å². The van der Waals surface area contributed by atoms with Crippen LogP contribution in [0.2, 0.25) is 0 Å². The van der Waals surface area contributed by atoms with Crippen molar-refractivity contribution in [2.24, 2.45) is 0 Å². The molecule has 1 N–H and O–H groups in total. The summed E-state index contributed by atoms with van der Waals surface area (Å²) < 4.78 is 0. The Balaban J connectivity index is 2.18. The Hall–Kier alpha value is -0.120. The fourth-order valence-electron chi connectivity index (χ4n) is 2.44. The first kappa shape index (κ1) is 13.9. The Morgan fingerprint density at radius 1 is 1.19 bits per heavy atom. The van der Waals surface area contributed by atoms with E-state index in [0.29, 0.717) is 12.6 Å². The second-order valence-corrected chi connectivity index (χ2v) is 5.01. The Morgan fingerprint density at radius 2 is 2.00 bits per heavy atom. The maximum absolute atomic E-state index is 9.02. The average molecular weight is 228 g/mol. The first-order valence-corrected chi connectivity index (χ1v) is 6.81. The van der Waals surface area contributed by atoms with Gasteiger partial charge in [0, 0.05) is 32.3 Å². The third-order valence-electron chi connectivity index (χ3n) is 3.65. The van der Waals surface area contributed by atoms with E-state index in [1.165, 1.54) is 38.8 Å². The van der Waals surface area contributed by atoms with Crippen molar-refractivity contribution in [3.05, 3.63) is 0 Å². The molecule has 3 heteroatoms. The van der Waals surface area contributed by atoms with Gasteiger partial charge in [-0.25, -0.2) is 0 Å². The summed E-state index contributed by atoms with van der Waals surface area (Å²) in [6.07, 6.45) is 6.31. The number of aliphatic hydroxyl groups excluding tert-OH is 1. The minimum atomic E-state index is 0.318. The first-order valence-electron chi connectivity index (χ1n) is 6.81. The van der Waals surface area contributed by atoms with Crippen molar-refractivity contribution >= 4 is 0 Å². The van der Waals surface area contributed by atoms with Crippen LogP contribution < -0.4 is 0 Å². The topological polar surface area (TPSA) is 26.7 Å². The molecule has 0 aromatic heterocycles. The molecule has 0 bridgehead atoms. The predicted octanol–water partition coefficient (Wildman–Crippen LogP) is 1.57. The van der Waals surface area contributed by atoms with Crippen LogP contribution in [0.4, 0.5) is 0 Å². The highest BCUT2D eigenvalue weighted by Crippen LogP contribution is 2.12. The van der Waals surface area contributed by atoms with E-state index in [9.17, 15) is 0 Å². The Morgan fingerprint density at radius 3 is 2.69 bits per heavy atom. The molecular formula is C13H28N2O. The molecule has 0 spiro atoms. The van der Waals surface area contributed by atoms with E-state index in [4.69, 9.17) is 5.11 Å². The molecule has 0 aliphatic carbocycles. The molecule has 1 unspecified atom stereocenters. The maximum Gasteiger partial charge on any atom is 0.0446 e. The van der Waals surface area contributed by atoms with Gasteiger partial charge >= 0.3 is 0 Å². The highest BCUT2D eigenvalue weighted by Gasteiger charge is 2.22. The first-order chi connectivity index (χ1) is 7.77. The summed E-state index contributed by atoms with van der Waals surface area (Å²) in [7, 11) is 2.18. The lowest BCUT2D eigenvalue weighted by Crippen LogP contribution is -2.51. The number of hydrogen-bond donors (Lipinski definition) is 1. The van der Waals surface area contributed by atoms with Gasteiger partial charge in [-0.15, -0.1) is 0 Å². The largest absolute Gasteiger partial charge is 0.396 e. The Labute approximate surface area is 100 Å². The smallest absolute Gasteiger partial charge is 0.0446 e. The van der Waals surface area contributed by atoms with E-state index >= 15 is 0 Å². The van der Waals surface area contributed by atoms with E-state index in [2.05, 4.69) is 23.8 Å². The lowest BCUT2D eigenvalue weighted by molar-refractivity contribution is 0.0775. The fourth-order valence-corrected chi connectivity index (χ4v) is 2.44. The normalized spacial score (nSPS) is 23.8. The molecule has 0 amide bonds. The van der Waals surface area contributed by atoms with E-state index in [0.717, 1.165) is 19.5 Å². The third kappa shape index (κ3) is 4.81. The number of hydrogen-bond acceptors (Lipinski definition) is 3. The number of aliphatic hydroxyl groups is 1. The molecule has 1 rings (SSSR count). The molecule has 1 saturated heterocycles. The van der Waals surface area contributed by atoms with Gasteiger partial charge in [0.15, 0.2) is 0 Å². The van der Waals surface area contributed by atoms with Gasteiger partial charge in [0.05, 0.1) is 0 Å². The van der Waals surface area contributed by atoms with Crippen LogP contribution in [0.1, 0.15) is 39.0 Å². The van der Waals surface area contributed by atoms with Crippen molar-refractivity contribution in [2.45, 2.75) is 45.1 Å². The molecule has 1 aliphatic heterocycles. The number of rotatable bonds is 7. The monoisotopic (exact) mass is 228 g/mol. The van der Waals surface area contributed by atoms with Crippen molar-refractivity contribution in [3.8, 4) is 0 Å². The van der Waals surface area contributed by atoms with Crippen molar-refractivity contribution in [1.82, 2.24) is 9.80 Å². The minimum Gasteiger partial charge on any atom is -0.396 e. The number of nitrogens with zero attached hydrogens (tertiary/aromatic N) is 2. The van der Waals surface area contributed by atoms with Gasteiger partial charge in [0.1, 0.15) is 0 Å². The molecule has 1 fully saturated rings. The zero-order chi connectivity index (χ0) is 11.8. The number of unbranched alkanes of at least 4 members (excludes halogenated alkanes) is 3. The van der Waals surface area contributed by atoms with Gasteiger partial charge < -0.3 is 14.9 Å². The molecule has 0 saturated carbocycles. The van der Waals surface area contributed by atoms with Crippen LogP contribution in [0.15, 0.2) is 0 Å². The zero-order valence-corrected chi connectivity index (χ0v) is 11.0. The van der Waals surface area contributed by atoms with Crippen molar-refractivity contribution in [3.63, 3.8) is 0 Å². The molecule has 0 aromatic carbocycles. The van der Waals surface area contributed by atoms with Gasteiger partial charge in [0.2, 0.25) is 0 Å². The lowest BCUT2D eigenvalue weighted by Gasteiger charge is -2.39. The molecule has 1 heterocycles. The van der Waals surface area contributed by atoms with Gasteiger partial charge in [-0.05, 0) is 26.4 Å². The van der Waals surface area contributed by atoms with Gasteiger partial charge in [-0.3, -0.25) is 0 Å². The van der Waals surface area contributed by atoms with Crippen LogP contribution in [-0.2, 0) is 0 Å².